The molecule has 0 amide bonds. The lowest BCUT2D eigenvalue weighted by Crippen LogP contribution is -2.28. The van der Waals surface area contributed by atoms with Crippen molar-refractivity contribution in [3.63, 3.8) is 0 Å². The minimum Gasteiger partial charge on any atom is -0.353 e. The highest BCUT2D eigenvalue weighted by Gasteiger charge is 2.10. The van der Waals surface area contributed by atoms with Gasteiger partial charge in [-0.2, -0.15) is 4.98 Å². The van der Waals surface area contributed by atoms with Crippen LogP contribution in [-0.4, -0.2) is 15.3 Å². The van der Waals surface area contributed by atoms with Crippen molar-refractivity contribution >= 4 is 46.0 Å². The van der Waals surface area contributed by atoms with Gasteiger partial charge in [-0.25, -0.2) is 4.39 Å². The van der Waals surface area contributed by atoms with E-state index < -0.39 is 5.82 Å². The van der Waals surface area contributed by atoms with Crippen molar-refractivity contribution < 1.29 is 8.91 Å². The molecule has 0 aliphatic heterocycles. The number of rotatable bonds is 4. The Hall–Kier alpha value is -2.03. The van der Waals surface area contributed by atoms with Crippen LogP contribution in [0, 0.1) is 5.82 Å². The van der Waals surface area contributed by atoms with Gasteiger partial charge in [0.25, 0.3) is 0 Å². The molecule has 0 saturated carbocycles. The fourth-order valence-electron chi connectivity index (χ4n) is 1.74. The third-order valence-corrected chi connectivity index (χ3v) is 4.19. The first-order valence-electron chi connectivity index (χ1n) is 6.48. The van der Waals surface area contributed by atoms with Crippen LogP contribution in [0.15, 0.2) is 40.2 Å². The number of benzene rings is 1. The molecule has 118 valence electrons. The first kappa shape index (κ1) is 15.9. The third kappa shape index (κ3) is 4.04. The van der Waals surface area contributed by atoms with Crippen LogP contribution in [0.25, 0.3) is 10.7 Å². The molecule has 2 aromatic heterocycles. The predicted octanol–water partition coefficient (Wildman–Crippen LogP) is 4.08. The molecule has 0 saturated heterocycles. The summed E-state index contributed by atoms with van der Waals surface area (Å²) >= 11 is 12.4. The summed E-state index contributed by atoms with van der Waals surface area (Å²) in [4.78, 5) is 5.20. The molecule has 0 aliphatic rings. The maximum atomic E-state index is 13.1. The second-order valence-electron chi connectivity index (χ2n) is 4.43. The first-order valence-corrected chi connectivity index (χ1v) is 8.15. The normalized spacial score (nSPS) is 10.5. The van der Waals surface area contributed by atoms with E-state index in [-0.39, 0.29) is 11.6 Å². The topological polar surface area (TPSA) is 63.0 Å². The molecule has 0 aliphatic carbocycles. The fourth-order valence-corrected chi connectivity index (χ4v) is 2.76. The van der Waals surface area contributed by atoms with Gasteiger partial charge in [0.15, 0.2) is 5.11 Å². The van der Waals surface area contributed by atoms with Crippen LogP contribution in [0.5, 0.6) is 0 Å². The molecule has 2 heterocycles. The van der Waals surface area contributed by atoms with Gasteiger partial charge in [-0.3, -0.25) is 0 Å². The van der Waals surface area contributed by atoms with Crippen molar-refractivity contribution in [2.45, 2.75) is 6.54 Å². The van der Waals surface area contributed by atoms with Gasteiger partial charge in [0.1, 0.15) is 5.82 Å². The van der Waals surface area contributed by atoms with Crippen LogP contribution in [0.3, 0.4) is 0 Å². The third-order valence-electron chi connectivity index (χ3n) is 2.79. The molecular weight excluding hydrogens is 359 g/mol. The molecule has 0 spiro atoms. The molecule has 9 heteroatoms. The van der Waals surface area contributed by atoms with Crippen LogP contribution in [0.4, 0.5) is 10.1 Å². The molecule has 0 fully saturated rings. The van der Waals surface area contributed by atoms with Crippen molar-refractivity contribution in [3.05, 3.63) is 52.4 Å². The van der Waals surface area contributed by atoms with E-state index in [0.717, 1.165) is 4.88 Å². The van der Waals surface area contributed by atoms with E-state index in [9.17, 15) is 4.39 Å². The number of halogens is 2. The van der Waals surface area contributed by atoms with E-state index >= 15 is 0 Å². The molecule has 0 bridgehead atoms. The zero-order valence-electron chi connectivity index (χ0n) is 11.5. The van der Waals surface area contributed by atoms with Crippen molar-refractivity contribution in [3.8, 4) is 10.7 Å². The number of nitrogens with zero attached hydrogens (tertiary/aromatic N) is 2. The summed E-state index contributed by atoms with van der Waals surface area (Å²) in [5.74, 6) is 0.471. The number of hydrogen-bond donors (Lipinski definition) is 2. The SMILES string of the molecule is Fc1ccc(NC(=S)NCc2nc(-c3cccs3)no2)cc1Cl. The van der Waals surface area contributed by atoms with Crippen LogP contribution >= 0.6 is 35.2 Å². The van der Waals surface area contributed by atoms with Gasteiger partial charge >= 0.3 is 0 Å². The summed E-state index contributed by atoms with van der Waals surface area (Å²) in [6.07, 6.45) is 0. The molecule has 3 rings (SSSR count). The quantitative estimate of drug-likeness (QED) is 0.677. The average molecular weight is 369 g/mol. The van der Waals surface area contributed by atoms with Gasteiger partial charge in [0.2, 0.25) is 11.7 Å². The monoisotopic (exact) mass is 368 g/mol. The Morgan fingerprint density at radius 2 is 2.26 bits per heavy atom. The molecule has 5 nitrogen and oxygen atoms in total. The molecule has 1 aromatic carbocycles. The first-order chi connectivity index (χ1) is 11.1. The highest BCUT2D eigenvalue weighted by molar-refractivity contribution is 7.80. The van der Waals surface area contributed by atoms with E-state index in [1.165, 1.54) is 29.5 Å². The number of nitrogens with one attached hydrogen (secondary N) is 2. The summed E-state index contributed by atoms with van der Waals surface area (Å²) in [6, 6.07) is 8.08. The minimum atomic E-state index is -0.483. The molecule has 0 unspecified atom stereocenters. The van der Waals surface area contributed by atoms with Crippen LogP contribution in [0.1, 0.15) is 5.89 Å². The molecular formula is C14H10ClFN4OS2. The average Bonchev–Trinajstić information content (AvgIpc) is 3.19. The maximum absolute atomic E-state index is 13.1. The Bertz CT molecular complexity index is 822. The zero-order chi connectivity index (χ0) is 16.2. The Morgan fingerprint density at radius 1 is 1.39 bits per heavy atom. The summed E-state index contributed by atoms with van der Waals surface area (Å²) in [6.45, 7) is 0.277. The van der Waals surface area contributed by atoms with E-state index in [4.69, 9.17) is 28.3 Å². The lowest BCUT2D eigenvalue weighted by molar-refractivity contribution is 0.376. The van der Waals surface area contributed by atoms with Gasteiger partial charge in [-0.05, 0) is 41.9 Å². The van der Waals surface area contributed by atoms with Gasteiger partial charge < -0.3 is 15.2 Å². The summed E-state index contributed by atoms with van der Waals surface area (Å²) in [5, 5.41) is 12.0. The largest absolute Gasteiger partial charge is 0.353 e. The van der Waals surface area contributed by atoms with Crippen LogP contribution in [-0.2, 0) is 6.54 Å². The van der Waals surface area contributed by atoms with Gasteiger partial charge in [0, 0.05) is 5.69 Å². The highest BCUT2D eigenvalue weighted by atomic mass is 35.5. The number of thiocarbonyl (C=S) groups is 1. The van der Waals surface area contributed by atoms with E-state index in [0.29, 0.717) is 22.5 Å². The summed E-state index contributed by atoms with van der Waals surface area (Å²) < 4.78 is 18.2. The van der Waals surface area contributed by atoms with E-state index in [2.05, 4.69) is 20.8 Å². The smallest absolute Gasteiger partial charge is 0.246 e. The maximum Gasteiger partial charge on any atom is 0.246 e. The standard InChI is InChI=1S/C14H10ClFN4OS2/c15-9-6-8(3-4-10(9)16)18-14(22)17-7-12-19-13(20-21-12)11-2-1-5-23-11/h1-6H,7H2,(H2,17,18,22). The Balaban J connectivity index is 1.55. The summed E-state index contributed by atoms with van der Waals surface area (Å²) in [5.41, 5.74) is 0.582. The number of thiophene rings is 1. The van der Waals surface area contributed by atoms with Crippen LogP contribution in [0.2, 0.25) is 5.02 Å². The van der Waals surface area contributed by atoms with Gasteiger partial charge in [-0.15, -0.1) is 11.3 Å². The van der Waals surface area contributed by atoms with Crippen LogP contribution < -0.4 is 10.6 Å². The minimum absolute atomic E-state index is 0.0234. The van der Waals surface area contributed by atoms with Crippen molar-refractivity contribution in [1.82, 2.24) is 15.5 Å². The second-order valence-corrected chi connectivity index (χ2v) is 6.19. The fraction of sp³-hybridized carbons (Fsp3) is 0.0714. The summed E-state index contributed by atoms with van der Waals surface area (Å²) in [7, 11) is 0. The predicted molar refractivity (Wildman–Crippen MR) is 92.1 cm³/mol. The zero-order valence-corrected chi connectivity index (χ0v) is 13.9. The Morgan fingerprint density at radius 3 is 3.00 bits per heavy atom. The lowest BCUT2D eigenvalue weighted by atomic mass is 10.3. The molecule has 0 radical (unpaired) electrons. The van der Waals surface area contributed by atoms with Crippen molar-refractivity contribution in [1.29, 1.82) is 0 Å². The highest BCUT2D eigenvalue weighted by Crippen LogP contribution is 2.21. The van der Waals surface area contributed by atoms with Crippen molar-refractivity contribution in [2.75, 3.05) is 5.32 Å². The van der Waals surface area contributed by atoms with E-state index in [1.807, 2.05) is 17.5 Å². The van der Waals surface area contributed by atoms with E-state index in [1.54, 1.807) is 0 Å². The number of anilines is 1. The van der Waals surface area contributed by atoms with Gasteiger partial charge in [0.05, 0.1) is 16.4 Å². The van der Waals surface area contributed by atoms with Gasteiger partial charge in [-0.1, -0.05) is 22.8 Å². The number of hydrogen-bond acceptors (Lipinski definition) is 5. The van der Waals surface area contributed by atoms with Crippen molar-refractivity contribution in [2.24, 2.45) is 0 Å². The Labute approximate surface area is 145 Å². The lowest BCUT2D eigenvalue weighted by Gasteiger charge is -2.09. The molecule has 23 heavy (non-hydrogen) atoms. The molecule has 2 N–H and O–H groups in total. The molecule has 0 atom stereocenters. The number of aromatic nitrogens is 2. The molecule has 3 aromatic rings. The Kier molecular flexibility index (Phi) is 4.85. The second kappa shape index (κ2) is 7.03.